The molecule has 0 radical (unpaired) electrons. The molecule has 0 N–H and O–H groups in total. The van der Waals surface area contributed by atoms with E-state index in [1.165, 1.54) is 11.8 Å². The number of Topliss-reactive ketones (excluding diaryl/α,β-unsaturated/α-hetero) is 1. The lowest BCUT2D eigenvalue weighted by Crippen LogP contribution is -2.53. The highest BCUT2D eigenvalue weighted by Gasteiger charge is 2.48. The summed E-state index contributed by atoms with van der Waals surface area (Å²) in [5, 5.41) is 0. The molecular formula is C22H26N2O5. The van der Waals surface area contributed by atoms with Crippen LogP contribution in [0, 0.1) is 11.3 Å². The van der Waals surface area contributed by atoms with Gasteiger partial charge in [0, 0.05) is 30.9 Å². The number of carbonyl (C=O) groups excluding carboxylic acids is 3. The van der Waals surface area contributed by atoms with E-state index in [0.717, 1.165) is 11.3 Å². The van der Waals surface area contributed by atoms with Crippen molar-refractivity contribution in [3.05, 3.63) is 54.4 Å². The number of ketones is 1. The van der Waals surface area contributed by atoms with Crippen LogP contribution in [0.5, 0.6) is 5.75 Å². The molecule has 154 valence electrons. The maximum absolute atomic E-state index is 13.2. The highest BCUT2D eigenvalue weighted by molar-refractivity contribution is 6.02. The summed E-state index contributed by atoms with van der Waals surface area (Å²) >= 11 is 0. The maximum Gasteiger partial charge on any atom is 0.417 e. The van der Waals surface area contributed by atoms with Crippen LogP contribution >= 0.6 is 0 Å². The van der Waals surface area contributed by atoms with Crippen molar-refractivity contribution in [2.75, 3.05) is 20.3 Å². The number of rotatable bonds is 5. The van der Waals surface area contributed by atoms with Gasteiger partial charge in [0.2, 0.25) is 5.91 Å². The number of carbonyl (C=O) groups is 3. The molecule has 1 fully saturated rings. The van der Waals surface area contributed by atoms with Crippen LogP contribution in [0.2, 0.25) is 0 Å². The molecular weight excluding hydrogens is 372 g/mol. The average molecular weight is 398 g/mol. The van der Waals surface area contributed by atoms with E-state index in [4.69, 9.17) is 9.47 Å². The van der Waals surface area contributed by atoms with Gasteiger partial charge in [0.15, 0.2) is 0 Å². The lowest BCUT2D eigenvalue weighted by molar-refractivity contribution is -0.148. The molecule has 0 aliphatic carbocycles. The zero-order valence-corrected chi connectivity index (χ0v) is 17.0. The second kappa shape index (κ2) is 8.51. The Kier molecular flexibility index (Phi) is 6.06. The number of allylic oxidation sites excluding steroid dienone is 2. The Hall–Kier alpha value is -3.09. The van der Waals surface area contributed by atoms with E-state index in [1.54, 1.807) is 43.5 Å². The number of hydrogen-bond acceptors (Lipinski definition) is 5. The van der Waals surface area contributed by atoms with Crippen molar-refractivity contribution < 1.29 is 23.9 Å². The molecule has 3 rings (SSSR count). The summed E-state index contributed by atoms with van der Waals surface area (Å²) < 4.78 is 10.2. The number of methoxy groups -OCH3 is 1. The Balaban J connectivity index is 1.77. The highest BCUT2D eigenvalue weighted by Crippen LogP contribution is 2.43. The summed E-state index contributed by atoms with van der Waals surface area (Å²) in [5.41, 5.74) is 0.253. The molecule has 0 bridgehead atoms. The summed E-state index contributed by atoms with van der Waals surface area (Å²) in [6.45, 7) is 4.41. The van der Waals surface area contributed by atoms with Gasteiger partial charge in [-0.05, 0) is 38.0 Å². The summed E-state index contributed by atoms with van der Waals surface area (Å²) in [4.78, 5) is 40.6. The van der Waals surface area contributed by atoms with E-state index in [2.05, 4.69) is 0 Å². The predicted molar refractivity (Wildman–Crippen MR) is 107 cm³/mol. The fraction of sp³-hybridized carbons (Fsp3) is 0.409. The van der Waals surface area contributed by atoms with Gasteiger partial charge in [0.05, 0.1) is 13.7 Å². The van der Waals surface area contributed by atoms with E-state index in [-0.39, 0.29) is 18.3 Å². The third kappa shape index (κ3) is 4.18. The number of nitrogens with zero attached hydrogens (tertiary/aromatic N) is 2. The lowest BCUT2D eigenvalue weighted by Gasteiger charge is -2.44. The normalized spacial score (nSPS) is 20.1. The number of piperidine rings is 1. The second-order valence-corrected chi connectivity index (χ2v) is 7.25. The second-order valence-electron chi connectivity index (χ2n) is 7.25. The Morgan fingerprint density at radius 2 is 1.83 bits per heavy atom. The van der Waals surface area contributed by atoms with Crippen LogP contribution in [0.4, 0.5) is 4.79 Å². The SMILES string of the molecule is CCOC(=O)N1C=CC2(C=C1)CCN(Cc1ccc(OC)cc1)C(=O)C2C(C)=O. The highest BCUT2D eigenvalue weighted by atomic mass is 16.6. The molecule has 7 heteroatoms. The van der Waals surface area contributed by atoms with Crippen LogP contribution in [-0.4, -0.2) is 47.8 Å². The standard InChI is InChI=1S/C22H26N2O5/c1-4-29-21(27)23-12-9-22(10-13-23)11-14-24(20(26)19(22)16(2)25)15-17-5-7-18(28-3)8-6-17/h5-10,12-13,19H,4,11,14-15H2,1-3H3. The Morgan fingerprint density at radius 3 is 2.38 bits per heavy atom. The number of likely N-dealkylation sites (tertiary alicyclic amines) is 1. The molecule has 2 aliphatic rings. The van der Waals surface area contributed by atoms with Gasteiger partial charge in [-0.2, -0.15) is 0 Å². The minimum absolute atomic E-state index is 0.187. The number of amides is 2. The minimum atomic E-state index is -0.814. The fourth-order valence-electron chi connectivity index (χ4n) is 3.88. The molecule has 1 aromatic carbocycles. The van der Waals surface area contributed by atoms with Gasteiger partial charge >= 0.3 is 6.09 Å². The number of ether oxygens (including phenoxy) is 2. The molecule has 2 amide bonds. The first kappa shape index (κ1) is 20.6. The van der Waals surface area contributed by atoms with Crippen molar-refractivity contribution in [1.29, 1.82) is 0 Å². The van der Waals surface area contributed by atoms with Crippen molar-refractivity contribution in [1.82, 2.24) is 9.80 Å². The fourth-order valence-corrected chi connectivity index (χ4v) is 3.88. The van der Waals surface area contributed by atoms with Crippen molar-refractivity contribution in [3.63, 3.8) is 0 Å². The Morgan fingerprint density at radius 1 is 1.17 bits per heavy atom. The zero-order chi connectivity index (χ0) is 21.0. The molecule has 0 saturated carbocycles. The van der Waals surface area contributed by atoms with Crippen molar-refractivity contribution in [2.45, 2.75) is 26.8 Å². The van der Waals surface area contributed by atoms with Crippen molar-refractivity contribution in [2.24, 2.45) is 11.3 Å². The largest absolute Gasteiger partial charge is 0.497 e. The summed E-state index contributed by atoms with van der Waals surface area (Å²) in [6.07, 6.45) is 6.83. The molecule has 1 aromatic rings. The molecule has 29 heavy (non-hydrogen) atoms. The maximum atomic E-state index is 13.2. The van der Waals surface area contributed by atoms with E-state index in [1.807, 2.05) is 24.3 Å². The molecule has 2 heterocycles. The number of hydrogen-bond donors (Lipinski definition) is 0. The van der Waals surface area contributed by atoms with Crippen LogP contribution < -0.4 is 4.74 Å². The smallest absolute Gasteiger partial charge is 0.417 e. The van der Waals surface area contributed by atoms with Gasteiger partial charge in [0.25, 0.3) is 0 Å². The third-order valence-corrected chi connectivity index (χ3v) is 5.42. The monoisotopic (exact) mass is 398 g/mol. The third-order valence-electron chi connectivity index (χ3n) is 5.42. The first-order valence-electron chi connectivity index (χ1n) is 9.66. The minimum Gasteiger partial charge on any atom is -0.497 e. The summed E-state index contributed by atoms with van der Waals surface area (Å²) in [6, 6.07) is 7.53. The molecule has 0 aromatic heterocycles. The molecule has 7 nitrogen and oxygen atoms in total. The van der Waals surface area contributed by atoms with Gasteiger partial charge < -0.3 is 14.4 Å². The zero-order valence-electron chi connectivity index (χ0n) is 17.0. The van der Waals surface area contributed by atoms with Gasteiger partial charge in [-0.25, -0.2) is 4.79 Å². The van der Waals surface area contributed by atoms with Crippen molar-refractivity contribution in [3.8, 4) is 5.75 Å². The van der Waals surface area contributed by atoms with Gasteiger partial charge in [-0.1, -0.05) is 24.3 Å². The topological polar surface area (TPSA) is 76.2 Å². The van der Waals surface area contributed by atoms with Crippen LogP contribution in [0.15, 0.2) is 48.8 Å². The first-order valence-corrected chi connectivity index (χ1v) is 9.66. The Labute approximate surface area is 170 Å². The van der Waals surface area contributed by atoms with Gasteiger partial charge in [-0.3, -0.25) is 14.5 Å². The van der Waals surface area contributed by atoms with E-state index in [0.29, 0.717) is 19.5 Å². The number of benzene rings is 1. The molecule has 1 atom stereocenters. The van der Waals surface area contributed by atoms with Crippen molar-refractivity contribution >= 4 is 17.8 Å². The molecule has 1 unspecified atom stereocenters. The lowest BCUT2D eigenvalue weighted by atomic mass is 9.67. The quantitative estimate of drug-likeness (QED) is 0.713. The van der Waals surface area contributed by atoms with Crippen LogP contribution in [0.3, 0.4) is 0 Å². The summed E-state index contributed by atoms with van der Waals surface area (Å²) in [7, 11) is 1.61. The molecule has 2 aliphatic heterocycles. The predicted octanol–water partition coefficient (Wildman–Crippen LogP) is 3.12. The van der Waals surface area contributed by atoms with E-state index >= 15 is 0 Å². The van der Waals surface area contributed by atoms with Crippen LogP contribution in [-0.2, 0) is 20.9 Å². The van der Waals surface area contributed by atoms with Gasteiger partial charge in [-0.15, -0.1) is 0 Å². The van der Waals surface area contributed by atoms with Crippen LogP contribution in [0.1, 0.15) is 25.8 Å². The average Bonchev–Trinajstić information content (AvgIpc) is 2.71. The molecule has 1 spiro atoms. The first-order chi connectivity index (χ1) is 13.9. The van der Waals surface area contributed by atoms with E-state index in [9.17, 15) is 14.4 Å². The summed E-state index contributed by atoms with van der Waals surface area (Å²) in [5.74, 6) is -0.443. The molecule has 1 saturated heterocycles. The van der Waals surface area contributed by atoms with E-state index < -0.39 is 17.4 Å². The van der Waals surface area contributed by atoms with Gasteiger partial charge in [0.1, 0.15) is 17.5 Å². The Bertz CT molecular complexity index is 829. The van der Waals surface area contributed by atoms with Crippen LogP contribution in [0.25, 0.3) is 0 Å².